The van der Waals surface area contributed by atoms with Crippen LogP contribution >= 0.6 is 0 Å². The molecule has 1 aliphatic heterocycles. The number of nitrogens with zero attached hydrogens (tertiary/aromatic N) is 1. The van der Waals surface area contributed by atoms with Crippen LogP contribution in [0.3, 0.4) is 0 Å². The second-order valence-electron chi connectivity index (χ2n) is 7.45. The van der Waals surface area contributed by atoms with Crippen molar-refractivity contribution in [2.24, 2.45) is 11.3 Å². The van der Waals surface area contributed by atoms with Crippen molar-refractivity contribution in [2.45, 2.75) is 39.5 Å². The van der Waals surface area contributed by atoms with Gasteiger partial charge in [0.2, 0.25) is 5.91 Å². The van der Waals surface area contributed by atoms with Gasteiger partial charge in [0.05, 0.1) is 19.1 Å². The molecule has 1 saturated heterocycles. The zero-order chi connectivity index (χ0) is 19.4. The van der Waals surface area contributed by atoms with Crippen LogP contribution in [0.1, 0.15) is 49.9 Å². The Morgan fingerprint density at radius 1 is 1.15 bits per heavy atom. The van der Waals surface area contributed by atoms with Gasteiger partial charge in [0, 0.05) is 31.1 Å². The Morgan fingerprint density at radius 3 is 2.44 bits per heavy atom. The molecule has 0 aromatic heterocycles. The first-order chi connectivity index (χ1) is 13.0. The smallest absolute Gasteiger partial charge is 0.254 e. The van der Waals surface area contributed by atoms with E-state index in [-0.39, 0.29) is 23.1 Å². The number of hydrogen-bond donors (Lipinski definition) is 1. The molecular weight excluding hydrogens is 344 g/mol. The zero-order valence-corrected chi connectivity index (χ0v) is 16.5. The monoisotopic (exact) mass is 374 g/mol. The highest BCUT2D eigenvalue weighted by molar-refractivity contribution is 5.96. The molecule has 1 heterocycles. The Labute approximate surface area is 161 Å². The van der Waals surface area contributed by atoms with Crippen molar-refractivity contribution in [1.29, 1.82) is 0 Å². The largest absolute Gasteiger partial charge is 0.490 e. The van der Waals surface area contributed by atoms with Gasteiger partial charge in [-0.3, -0.25) is 9.59 Å². The van der Waals surface area contributed by atoms with E-state index >= 15 is 0 Å². The van der Waals surface area contributed by atoms with E-state index in [0.717, 1.165) is 25.7 Å². The average molecular weight is 374 g/mol. The molecule has 1 atom stereocenters. The van der Waals surface area contributed by atoms with Crippen LogP contribution in [0.5, 0.6) is 11.5 Å². The summed E-state index contributed by atoms with van der Waals surface area (Å²) in [5.74, 6) is 1.12. The van der Waals surface area contributed by atoms with Crippen molar-refractivity contribution in [1.82, 2.24) is 10.2 Å². The fraction of sp³-hybridized carbons (Fsp3) is 0.619. The van der Waals surface area contributed by atoms with Crippen LogP contribution in [0, 0.1) is 11.3 Å². The minimum atomic E-state index is -0.122. The van der Waals surface area contributed by atoms with E-state index in [1.54, 1.807) is 25.2 Å². The third-order valence-electron chi connectivity index (χ3n) is 5.89. The molecule has 2 amide bonds. The predicted molar refractivity (Wildman–Crippen MR) is 103 cm³/mol. The maximum Gasteiger partial charge on any atom is 0.254 e. The summed E-state index contributed by atoms with van der Waals surface area (Å²) in [6.07, 6.45) is 4.30. The van der Waals surface area contributed by atoms with Gasteiger partial charge >= 0.3 is 0 Å². The van der Waals surface area contributed by atoms with Crippen molar-refractivity contribution in [3.8, 4) is 11.5 Å². The maximum atomic E-state index is 13.2. The lowest BCUT2D eigenvalue weighted by atomic mass is 9.76. The molecule has 148 valence electrons. The van der Waals surface area contributed by atoms with Crippen LogP contribution in [-0.4, -0.2) is 50.1 Å². The van der Waals surface area contributed by atoms with Crippen LogP contribution in [0.25, 0.3) is 0 Å². The molecular formula is C21H30N2O4. The Kier molecular flexibility index (Phi) is 5.92. The lowest BCUT2D eigenvalue weighted by Crippen LogP contribution is -2.38. The summed E-state index contributed by atoms with van der Waals surface area (Å²) in [6, 6.07) is 5.33. The second kappa shape index (κ2) is 8.19. The predicted octanol–water partition coefficient (Wildman–Crippen LogP) is 2.86. The lowest BCUT2D eigenvalue weighted by molar-refractivity contribution is -0.127. The fourth-order valence-corrected chi connectivity index (χ4v) is 4.61. The van der Waals surface area contributed by atoms with E-state index < -0.39 is 0 Å². The van der Waals surface area contributed by atoms with Gasteiger partial charge in [0.25, 0.3) is 5.91 Å². The third-order valence-corrected chi connectivity index (χ3v) is 5.89. The summed E-state index contributed by atoms with van der Waals surface area (Å²) in [7, 11) is 1.68. The number of benzene rings is 1. The summed E-state index contributed by atoms with van der Waals surface area (Å²) in [4.78, 5) is 27.5. The van der Waals surface area contributed by atoms with Crippen LogP contribution in [0.15, 0.2) is 18.2 Å². The van der Waals surface area contributed by atoms with Crippen molar-refractivity contribution in [3.05, 3.63) is 23.8 Å². The van der Waals surface area contributed by atoms with Crippen molar-refractivity contribution < 1.29 is 19.1 Å². The SMILES string of the molecule is CCOc1ccc(C(=O)N2CC(C(=O)NC)C3(CCCC3)C2)cc1OCC. The van der Waals surface area contributed by atoms with E-state index in [0.29, 0.717) is 43.4 Å². The third kappa shape index (κ3) is 3.75. The van der Waals surface area contributed by atoms with Gasteiger partial charge in [-0.25, -0.2) is 0 Å². The molecule has 1 aromatic carbocycles. The number of carbonyl (C=O) groups is 2. The van der Waals surface area contributed by atoms with E-state index in [9.17, 15) is 9.59 Å². The average Bonchev–Trinajstić information content (AvgIpc) is 3.30. The van der Waals surface area contributed by atoms with Gasteiger partial charge in [-0.05, 0) is 44.9 Å². The van der Waals surface area contributed by atoms with Gasteiger partial charge in [-0.2, -0.15) is 0 Å². The summed E-state index contributed by atoms with van der Waals surface area (Å²) in [5.41, 5.74) is 0.511. The van der Waals surface area contributed by atoms with Crippen LogP contribution < -0.4 is 14.8 Å². The first-order valence-electron chi connectivity index (χ1n) is 9.95. The van der Waals surface area contributed by atoms with Gasteiger partial charge in [0.1, 0.15) is 0 Å². The molecule has 1 N–H and O–H groups in total. The maximum absolute atomic E-state index is 13.2. The highest BCUT2D eigenvalue weighted by Gasteiger charge is 2.52. The highest BCUT2D eigenvalue weighted by Crippen LogP contribution is 2.49. The second-order valence-corrected chi connectivity index (χ2v) is 7.45. The number of amides is 2. The summed E-state index contributed by atoms with van der Waals surface area (Å²) >= 11 is 0. The highest BCUT2D eigenvalue weighted by atomic mass is 16.5. The summed E-state index contributed by atoms with van der Waals surface area (Å²) in [6.45, 7) is 6.00. The molecule has 1 aromatic rings. The number of rotatable bonds is 6. The molecule has 1 saturated carbocycles. The molecule has 1 unspecified atom stereocenters. The van der Waals surface area contributed by atoms with Crippen LogP contribution in [0.2, 0.25) is 0 Å². The quantitative estimate of drug-likeness (QED) is 0.831. The Morgan fingerprint density at radius 2 is 1.81 bits per heavy atom. The first kappa shape index (κ1) is 19.5. The minimum absolute atomic E-state index is 0.0447. The fourth-order valence-electron chi connectivity index (χ4n) is 4.61. The number of likely N-dealkylation sites (tertiary alicyclic amines) is 1. The lowest BCUT2D eigenvalue weighted by Gasteiger charge is -2.28. The van der Waals surface area contributed by atoms with E-state index in [1.165, 1.54) is 0 Å². The molecule has 6 nitrogen and oxygen atoms in total. The van der Waals surface area contributed by atoms with Gasteiger partial charge in [0.15, 0.2) is 11.5 Å². The number of ether oxygens (including phenoxy) is 2. The molecule has 3 rings (SSSR count). The normalized spacial score (nSPS) is 20.7. The molecule has 1 spiro atoms. The number of hydrogen-bond acceptors (Lipinski definition) is 4. The van der Waals surface area contributed by atoms with Crippen LogP contribution in [0.4, 0.5) is 0 Å². The van der Waals surface area contributed by atoms with E-state index in [1.807, 2.05) is 18.7 Å². The van der Waals surface area contributed by atoms with Crippen molar-refractivity contribution in [3.63, 3.8) is 0 Å². The number of carbonyl (C=O) groups excluding carboxylic acids is 2. The van der Waals surface area contributed by atoms with Gasteiger partial charge < -0.3 is 19.7 Å². The van der Waals surface area contributed by atoms with Gasteiger partial charge in [-0.1, -0.05) is 12.8 Å². The molecule has 6 heteroatoms. The van der Waals surface area contributed by atoms with E-state index in [2.05, 4.69) is 5.32 Å². The first-order valence-corrected chi connectivity index (χ1v) is 9.95. The molecule has 0 radical (unpaired) electrons. The standard InChI is InChI=1S/C21H30N2O4/c1-4-26-17-9-8-15(12-18(17)27-5-2)20(25)23-13-16(19(24)22-3)21(14-23)10-6-7-11-21/h8-9,12,16H,4-7,10-11,13-14H2,1-3H3,(H,22,24). The Hall–Kier alpha value is -2.24. The molecule has 27 heavy (non-hydrogen) atoms. The number of nitrogens with one attached hydrogen (secondary N) is 1. The minimum Gasteiger partial charge on any atom is -0.490 e. The Bertz CT molecular complexity index is 697. The summed E-state index contributed by atoms with van der Waals surface area (Å²) < 4.78 is 11.2. The Balaban J connectivity index is 1.83. The molecule has 1 aliphatic carbocycles. The van der Waals surface area contributed by atoms with Crippen molar-refractivity contribution >= 4 is 11.8 Å². The van der Waals surface area contributed by atoms with Crippen molar-refractivity contribution in [2.75, 3.05) is 33.4 Å². The van der Waals surface area contributed by atoms with Gasteiger partial charge in [-0.15, -0.1) is 0 Å². The van der Waals surface area contributed by atoms with Crippen LogP contribution in [-0.2, 0) is 4.79 Å². The van der Waals surface area contributed by atoms with E-state index in [4.69, 9.17) is 9.47 Å². The zero-order valence-electron chi connectivity index (χ0n) is 16.5. The molecule has 2 fully saturated rings. The summed E-state index contributed by atoms with van der Waals surface area (Å²) in [5, 5.41) is 2.79. The topological polar surface area (TPSA) is 67.9 Å². The molecule has 2 aliphatic rings. The molecule has 0 bridgehead atoms.